The van der Waals surface area contributed by atoms with E-state index in [9.17, 15) is 4.79 Å². The zero-order valence-corrected chi connectivity index (χ0v) is 6.35. The molecule has 58 valence electrons. The quantitative estimate of drug-likeness (QED) is 0.459. The third-order valence-corrected chi connectivity index (χ3v) is 1.94. The second kappa shape index (κ2) is 2.65. The monoisotopic (exact) mass is 143 g/mol. The summed E-state index contributed by atoms with van der Waals surface area (Å²) in [5.41, 5.74) is -0.481. The predicted molar refractivity (Wildman–Crippen MR) is 38.2 cm³/mol. The van der Waals surface area contributed by atoms with Crippen LogP contribution in [-0.2, 0) is 4.79 Å². The van der Waals surface area contributed by atoms with Crippen molar-refractivity contribution in [1.82, 2.24) is 15.5 Å². The van der Waals surface area contributed by atoms with E-state index < -0.39 is 5.66 Å². The summed E-state index contributed by atoms with van der Waals surface area (Å²) in [6.45, 7) is 3.31. The number of nitrogens with one attached hydrogen (secondary N) is 2. The van der Waals surface area contributed by atoms with E-state index in [0.717, 1.165) is 13.0 Å². The maximum atomic E-state index is 10.6. The highest BCUT2D eigenvalue weighted by Crippen LogP contribution is 2.05. The molecule has 1 heterocycles. The molecule has 1 rings (SSSR count). The molecule has 0 aromatic heterocycles. The molecule has 0 aliphatic carbocycles. The van der Waals surface area contributed by atoms with Crippen LogP contribution in [-0.4, -0.2) is 37.2 Å². The number of carbonyl (C=O) groups is 1. The fourth-order valence-electron chi connectivity index (χ4n) is 0.896. The highest BCUT2D eigenvalue weighted by molar-refractivity contribution is 5.62. The van der Waals surface area contributed by atoms with Gasteiger partial charge in [-0.05, 0) is 14.0 Å². The average Bonchev–Trinajstić information content (AvgIpc) is 1.96. The largest absolute Gasteiger partial charge is 0.300 e. The lowest BCUT2D eigenvalue weighted by molar-refractivity contribution is -0.120. The summed E-state index contributed by atoms with van der Waals surface area (Å²) in [7, 11) is 1.90. The van der Waals surface area contributed by atoms with Gasteiger partial charge in [0.05, 0.1) is 6.67 Å². The molecule has 0 amide bonds. The lowest BCUT2D eigenvalue weighted by Crippen LogP contribution is -2.65. The lowest BCUT2D eigenvalue weighted by atomic mass is 10.2. The van der Waals surface area contributed by atoms with E-state index in [2.05, 4.69) is 10.6 Å². The van der Waals surface area contributed by atoms with Gasteiger partial charge >= 0.3 is 0 Å². The number of aldehydes is 1. The number of nitrogens with zero attached hydrogens (tertiary/aromatic N) is 1. The SMILES string of the molecule is CN1CNCNC1(C)C=O. The van der Waals surface area contributed by atoms with Crippen molar-refractivity contribution >= 4 is 6.29 Å². The lowest BCUT2D eigenvalue weighted by Gasteiger charge is -2.39. The van der Waals surface area contributed by atoms with E-state index in [1.807, 2.05) is 18.9 Å². The van der Waals surface area contributed by atoms with Gasteiger partial charge < -0.3 is 0 Å². The molecule has 0 radical (unpaired) electrons. The molecule has 1 unspecified atom stereocenters. The van der Waals surface area contributed by atoms with Crippen LogP contribution < -0.4 is 10.6 Å². The van der Waals surface area contributed by atoms with E-state index in [-0.39, 0.29) is 0 Å². The predicted octanol–water partition coefficient (Wildman–Crippen LogP) is -1.06. The molecule has 1 aliphatic rings. The molecule has 1 saturated heterocycles. The molecule has 4 heteroatoms. The van der Waals surface area contributed by atoms with E-state index in [1.165, 1.54) is 0 Å². The van der Waals surface area contributed by atoms with Crippen molar-refractivity contribution in [2.75, 3.05) is 20.4 Å². The van der Waals surface area contributed by atoms with E-state index in [4.69, 9.17) is 0 Å². The molecule has 1 atom stereocenters. The Morgan fingerprint density at radius 2 is 2.40 bits per heavy atom. The highest BCUT2D eigenvalue weighted by Gasteiger charge is 2.30. The van der Waals surface area contributed by atoms with Gasteiger partial charge in [-0.2, -0.15) is 0 Å². The second-order valence-electron chi connectivity index (χ2n) is 2.72. The normalized spacial score (nSPS) is 35.8. The number of likely N-dealkylation sites (N-methyl/N-ethyl adjacent to an activating group) is 1. The summed E-state index contributed by atoms with van der Waals surface area (Å²) in [4.78, 5) is 12.5. The average molecular weight is 143 g/mol. The van der Waals surface area contributed by atoms with Crippen LogP contribution in [0.25, 0.3) is 0 Å². The number of hydrogen-bond donors (Lipinski definition) is 2. The van der Waals surface area contributed by atoms with Gasteiger partial charge in [0.15, 0.2) is 6.29 Å². The molecule has 10 heavy (non-hydrogen) atoms. The summed E-state index contributed by atoms with van der Waals surface area (Å²) in [5, 5.41) is 6.12. The third kappa shape index (κ3) is 1.18. The maximum absolute atomic E-state index is 10.6. The molecule has 0 aromatic rings. The fourth-order valence-corrected chi connectivity index (χ4v) is 0.896. The summed E-state index contributed by atoms with van der Waals surface area (Å²) in [5.74, 6) is 0. The number of rotatable bonds is 1. The molecular weight excluding hydrogens is 130 g/mol. The van der Waals surface area contributed by atoms with Crippen LogP contribution in [0.3, 0.4) is 0 Å². The van der Waals surface area contributed by atoms with Crippen LogP contribution in [0.2, 0.25) is 0 Å². The molecule has 0 spiro atoms. The Morgan fingerprint density at radius 1 is 1.70 bits per heavy atom. The van der Waals surface area contributed by atoms with Crippen LogP contribution in [0, 0.1) is 0 Å². The minimum absolute atomic E-state index is 0.481. The Bertz CT molecular complexity index is 139. The molecule has 2 N–H and O–H groups in total. The molecule has 4 nitrogen and oxygen atoms in total. The molecule has 0 aromatic carbocycles. The Hall–Kier alpha value is -0.450. The summed E-state index contributed by atoms with van der Waals surface area (Å²) < 4.78 is 0. The van der Waals surface area contributed by atoms with Gasteiger partial charge in [0.1, 0.15) is 5.66 Å². The van der Waals surface area contributed by atoms with E-state index >= 15 is 0 Å². The van der Waals surface area contributed by atoms with Gasteiger partial charge in [-0.25, -0.2) is 0 Å². The number of carbonyl (C=O) groups excluding carboxylic acids is 1. The minimum atomic E-state index is -0.481. The van der Waals surface area contributed by atoms with Crippen molar-refractivity contribution in [3.63, 3.8) is 0 Å². The van der Waals surface area contributed by atoms with Crippen molar-refractivity contribution in [3.8, 4) is 0 Å². The smallest absolute Gasteiger partial charge is 0.154 e. The standard InChI is InChI=1S/C6H13N3O/c1-6(3-10)8-4-7-5-9(6)2/h3,7-8H,4-5H2,1-2H3. The Labute approximate surface area is 60.6 Å². The van der Waals surface area contributed by atoms with Crippen LogP contribution >= 0.6 is 0 Å². The fraction of sp³-hybridized carbons (Fsp3) is 0.833. The molecule has 1 fully saturated rings. The zero-order chi connectivity index (χ0) is 7.61. The van der Waals surface area contributed by atoms with Gasteiger partial charge in [-0.3, -0.25) is 20.3 Å². The third-order valence-electron chi connectivity index (χ3n) is 1.94. The molecular formula is C6H13N3O. The minimum Gasteiger partial charge on any atom is -0.300 e. The summed E-state index contributed by atoms with van der Waals surface area (Å²) in [6, 6.07) is 0. The van der Waals surface area contributed by atoms with Gasteiger partial charge in [-0.1, -0.05) is 0 Å². The van der Waals surface area contributed by atoms with Crippen LogP contribution in [0.15, 0.2) is 0 Å². The van der Waals surface area contributed by atoms with Crippen molar-refractivity contribution < 1.29 is 4.79 Å². The first-order chi connectivity index (χ1) is 4.69. The van der Waals surface area contributed by atoms with Crippen molar-refractivity contribution in [2.24, 2.45) is 0 Å². The highest BCUT2D eigenvalue weighted by atomic mass is 16.1. The molecule has 0 saturated carbocycles. The van der Waals surface area contributed by atoms with Gasteiger partial charge in [-0.15, -0.1) is 0 Å². The summed E-state index contributed by atoms with van der Waals surface area (Å²) >= 11 is 0. The molecule has 1 aliphatic heterocycles. The zero-order valence-electron chi connectivity index (χ0n) is 6.35. The van der Waals surface area contributed by atoms with Gasteiger partial charge in [0.2, 0.25) is 0 Å². The van der Waals surface area contributed by atoms with Crippen LogP contribution in [0.4, 0.5) is 0 Å². The van der Waals surface area contributed by atoms with E-state index in [1.54, 1.807) is 0 Å². The Kier molecular flexibility index (Phi) is 2.03. The first kappa shape index (κ1) is 7.65. The number of hydrogen-bond acceptors (Lipinski definition) is 4. The molecule has 0 bridgehead atoms. The first-order valence-electron chi connectivity index (χ1n) is 3.32. The second-order valence-corrected chi connectivity index (χ2v) is 2.72. The Balaban J connectivity index is 2.62. The Morgan fingerprint density at radius 3 is 2.80 bits per heavy atom. The van der Waals surface area contributed by atoms with Crippen LogP contribution in [0.1, 0.15) is 6.92 Å². The van der Waals surface area contributed by atoms with Crippen molar-refractivity contribution in [2.45, 2.75) is 12.6 Å². The summed E-state index contributed by atoms with van der Waals surface area (Å²) in [6.07, 6.45) is 0.924. The maximum Gasteiger partial charge on any atom is 0.154 e. The van der Waals surface area contributed by atoms with Gasteiger partial charge in [0, 0.05) is 6.67 Å². The van der Waals surface area contributed by atoms with E-state index in [0.29, 0.717) is 6.67 Å². The topological polar surface area (TPSA) is 44.4 Å². The van der Waals surface area contributed by atoms with Crippen molar-refractivity contribution in [3.05, 3.63) is 0 Å². The van der Waals surface area contributed by atoms with Gasteiger partial charge in [0.25, 0.3) is 0 Å². The van der Waals surface area contributed by atoms with Crippen LogP contribution in [0.5, 0.6) is 0 Å². The first-order valence-corrected chi connectivity index (χ1v) is 3.32. The van der Waals surface area contributed by atoms with Crippen molar-refractivity contribution in [1.29, 1.82) is 0 Å².